The third-order valence-electron chi connectivity index (χ3n) is 3.95. The fourth-order valence-corrected chi connectivity index (χ4v) is 3.20. The van der Waals surface area contributed by atoms with E-state index in [0.717, 1.165) is 33.0 Å². The average molecular weight is 391 g/mol. The van der Waals surface area contributed by atoms with Gasteiger partial charge in [-0.3, -0.25) is 4.79 Å². The third kappa shape index (κ3) is 7.40. The predicted molar refractivity (Wildman–Crippen MR) is 106 cm³/mol. The van der Waals surface area contributed by atoms with Crippen molar-refractivity contribution in [3.63, 3.8) is 0 Å². The van der Waals surface area contributed by atoms with Crippen molar-refractivity contribution in [3.8, 4) is 5.75 Å². The molecule has 0 saturated carbocycles. The Balaban J connectivity index is 1.83. The number of nitrogens with one attached hydrogen (secondary N) is 1. The highest BCUT2D eigenvalue weighted by Gasteiger charge is 2.20. The van der Waals surface area contributed by atoms with Crippen LogP contribution in [0.2, 0.25) is 0 Å². The number of rotatable bonds is 9. The fraction of sp³-hybridized carbons (Fsp3) is 0.350. The molecular weight excluding hydrogens is 364 g/mol. The molecule has 2 aromatic rings. The van der Waals surface area contributed by atoms with Crippen LogP contribution >= 0.6 is 0 Å². The number of aryl methyl sites for hydroxylation is 2. The number of nitrogens with zero attached hydrogens (tertiary/aromatic N) is 1. The van der Waals surface area contributed by atoms with E-state index in [1.54, 1.807) is 0 Å². The molecule has 0 aliphatic heterocycles. The lowest BCUT2D eigenvalue weighted by Crippen LogP contribution is -2.40. The van der Waals surface area contributed by atoms with Gasteiger partial charge in [0.05, 0.1) is 19.3 Å². The largest absolute Gasteiger partial charge is 0.492 e. The second-order valence-electron chi connectivity index (χ2n) is 6.53. The van der Waals surface area contributed by atoms with E-state index < -0.39 is 10.0 Å². The van der Waals surface area contributed by atoms with E-state index in [9.17, 15) is 13.2 Å². The van der Waals surface area contributed by atoms with Crippen molar-refractivity contribution in [2.24, 2.45) is 0 Å². The highest BCUT2D eigenvalue weighted by molar-refractivity contribution is 7.88. The van der Waals surface area contributed by atoms with Crippen molar-refractivity contribution in [1.82, 2.24) is 9.62 Å². The smallest absolute Gasteiger partial charge is 0.235 e. The Kier molecular flexibility index (Phi) is 7.38. The Morgan fingerprint density at radius 3 is 2.41 bits per heavy atom. The summed E-state index contributed by atoms with van der Waals surface area (Å²) in [5, 5.41) is 2.69. The van der Waals surface area contributed by atoms with Crippen molar-refractivity contribution in [1.29, 1.82) is 0 Å². The molecule has 6 nitrogen and oxygen atoms in total. The van der Waals surface area contributed by atoms with E-state index in [0.29, 0.717) is 13.2 Å². The molecule has 0 unspecified atom stereocenters. The van der Waals surface area contributed by atoms with Gasteiger partial charge >= 0.3 is 0 Å². The molecular formula is C20H26N2O4S. The Hall–Kier alpha value is -2.38. The van der Waals surface area contributed by atoms with E-state index >= 15 is 0 Å². The first-order chi connectivity index (χ1) is 12.7. The molecule has 7 heteroatoms. The van der Waals surface area contributed by atoms with Crippen LogP contribution < -0.4 is 10.1 Å². The molecule has 0 fully saturated rings. The van der Waals surface area contributed by atoms with Gasteiger partial charge in [-0.25, -0.2) is 8.42 Å². The zero-order valence-corrected chi connectivity index (χ0v) is 16.8. The van der Waals surface area contributed by atoms with Gasteiger partial charge in [0.1, 0.15) is 12.4 Å². The van der Waals surface area contributed by atoms with Crippen LogP contribution in [-0.4, -0.2) is 44.6 Å². The van der Waals surface area contributed by atoms with E-state index in [2.05, 4.69) is 5.32 Å². The van der Waals surface area contributed by atoms with E-state index in [-0.39, 0.29) is 19.0 Å². The molecule has 2 rings (SSSR count). The summed E-state index contributed by atoms with van der Waals surface area (Å²) in [4.78, 5) is 12.1. The maximum atomic E-state index is 12.1. The first-order valence-corrected chi connectivity index (χ1v) is 10.6. The Bertz CT molecular complexity index is 864. The lowest BCUT2D eigenvalue weighted by atomic mass is 10.1. The molecule has 0 aliphatic rings. The molecule has 27 heavy (non-hydrogen) atoms. The summed E-state index contributed by atoms with van der Waals surface area (Å²) < 4.78 is 30.7. The van der Waals surface area contributed by atoms with Crippen molar-refractivity contribution >= 4 is 15.9 Å². The van der Waals surface area contributed by atoms with Gasteiger partial charge in [0.15, 0.2) is 0 Å². The van der Waals surface area contributed by atoms with Crippen LogP contribution in [0.15, 0.2) is 48.5 Å². The summed E-state index contributed by atoms with van der Waals surface area (Å²) in [6, 6.07) is 15.2. The maximum Gasteiger partial charge on any atom is 0.235 e. The van der Waals surface area contributed by atoms with Crippen molar-refractivity contribution < 1.29 is 17.9 Å². The molecule has 0 heterocycles. The van der Waals surface area contributed by atoms with E-state index in [1.807, 2.05) is 62.4 Å². The number of sulfonamides is 1. The lowest BCUT2D eigenvalue weighted by molar-refractivity contribution is -0.121. The predicted octanol–water partition coefficient (Wildman–Crippen LogP) is 2.26. The van der Waals surface area contributed by atoms with Gasteiger partial charge in [-0.2, -0.15) is 4.31 Å². The highest BCUT2D eigenvalue weighted by Crippen LogP contribution is 2.12. The zero-order valence-electron chi connectivity index (χ0n) is 15.9. The first kappa shape index (κ1) is 20.9. The second kappa shape index (κ2) is 9.53. The zero-order chi connectivity index (χ0) is 19.9. The van der Waals surface area contributed by atoms with E-state index in [4.69, 9.17) is 4.74 Å². The van der Waals surface area contributed by atoms with Gasteiger partial charge in [-0.1, -0.05) is 42.0 Å². The van der Waals surface area contributed by atoms with Crippen molar-refractivity contribution in [2.75, 3.05) is 26.0 Å². The normalized spacial score (nSPS) is 11.4. The molecule has 146 valence electrons. The number of amides is 1. The summed E-state index contributed by atoms with van der Waals surface area (Å²) in [6.07, 6.45) is 1.11. The third-order valence-corrected chi connectivity index (χ3v) is 5.15. The maximum absolute atomic E-state index is 12.1. The molecule has 0 aromatic heterocycles. The van der Waals surface area contributed by atoms with Gasteiger partial charge in [-0.05, 0) is 37.1 Å². The van der Waals surface area contributed by atoms with Crippen LogP contribution in [0.4, 0.5) is 0 Å². The molecule has 0 aliphatic carbocycles. The van der Waals surface area contributed by atoms with Gasteiger partial charge in [0.2, 0.25) is 15.9 Å². The summed E-state index contributed by atoms with van der Waals surface area (Å²) in [7, 11) is -3.51. The van der Waals surface area contributed by atoms with Crippen LogP contribution in [0.5, 0.6) is 5.75 Å². The Labute approximate surface area is 161 Å². The summed E-state index contributed by atoms with van der Waals surface area (Å²) in [5.74, 6) is 0.377. The number of carbonyl (C=O) groups excluding carboxylic acids is 1. The SMILES string of the molecule is Cc1ccc(CN(CC(=O)NCCOc2cccc(C)c2)S(C)(=O)=O)cc1. The van der Waals surface area contributed by atoms with Crippen LogP contribution in [0, 0.1) is 13.8 Å². The van der Waals surface area contributed by atoms with Crippen LogP contribution in [-0.2, 0) is 21.4 Å². The molecule has 1 N–H and O–H groups in total. The van der Waals surface area contributed by atoms with Crippen LogP contribution in [0.25, 0.3) is 0 Å². The summed E-state index contributed by atoms with van der Waals surface area (Å²) in [6.45, 7) is 4.48. The number of hydrogen-bond donors (Lipinski definition) is 1. The van der Waals surface area contributed by atoms with Gasteiger partial charge in [-0.15, -0.1) is 0 Å². The minimum atomic E-state index is -3.51. The second-order valence-corrected chi connectivity index (χ2v) is 8.51. The summed E-state index contributed by atoms with van der Waals surface area (Å²) >= 11 is 0. The van der Waals surface area contributed by atoms with Crippen LogP contribution in [0.3, 0.4) is 0 Å². The van der Waals surface area contributed by atoms with Gasteiger partial charge in [0, 0.05) is 6.54 Å². The topological polar surface area (TPSA) is 75.7 Å². The fourth-order valence-electron chi connectivity index (χ4n) is 2.47. The Morgan fingerprint density at radius 1 is 1.07 bits per heavy atom. The lowest BCUT2D eigenvalue weighted by Gasteiger charge is -2.19. The summed E-state index contributed by atoms with van der Waals surface area (Å²) in [5.41, 5.74) is 3.02. The quantitative estimate of drug-likeness (QED) is 0.667. The molecule has 2 aromatic carbocycles. The van der Waals surface area contributed by atoms with Crippen LogP contribution in [0.1, 0.15) is 16.7 Å². The molecule has 0 radical (unpaired) electrons. The molecule has 0 spiro atoms. The molecule has 0 bridgehead atoms. The minimum Gasteiger partial charge on any atom is -0.492 e. The minimum absolute atomic E-state index is 0.159. The standard InChI is InChI=1S/C20H26N2O4S/c1-16-7-9-18(10-8-16)14-22(27(3,24)25)15-20(23)21-11-12-26-19-6-4-5-17(2)13-19/h4-10,13H,11-12,14-15H2,1-3H3,(H,21,23). The molecule has 0 atom stereocenters. The number of hydrogen-bond acceptors (Lipinski definition) is 4. The molecule has 0 saturated heterocycles. The number of ether oxygens (including phenoxy) is 1. The Morgan fingerprint density at radius 2 is 1.78 bits per heavy atom. The average Bonchev–Trinajstić information content (AvgIpc) is 2.59. The van der Waals surface area contributed by atoms with E-state index in [1.165, 1.54) is 0 Å². The molecule has 1 amide bonds. The monoisotopic (exact) mass is 390 g/mol. The van der Waals surface area contributed by atoms with Gasteiger partial charge < -0.3 is 10.1 Å². The number of benzene rings is 2. The van der Waals surface area contributed by atoms with Gasteiger partial charge in [0.25, 0.3) is 0 Å². The van der Waals surface area contributed by atoms with Crippen molar-refractivity contribution in [3.05, 3.63) is 65.2 Å². The first-order valence-electron chi connectivity index (χ1n) is 8.71. The van der Waals surface area contributed by atoms with Crippen molar-refractivity contribution in [2.45, 2.75) is 20.4 Å². The highest BCUT2D eigenvalue weighted by atomic mass is 32.2. The number of carbonyl (C=O) groups is 1.